The molecule has 210 valence electrons. The molecule has 0 aliphatic carbocycles. The number of hydrogen-bond acceptors (Lipinski definition) is 10. The van der Waals surface area contributed by atoms with Gasteiger partial charge in [-0.3, -0.25) is 23.9 Å². The second kappa shape index (κ2) is 11.5. The Bertz CT molecular complexity index is 1490. The smallest absolute Gasteiger partial charge is 0.351 e. The summed E-state index contributed by atoms with van der Waals surface area (Å²) in [4.78, 5) is 60.7. The van der Waals surface area contributed by atoms with Crippen molar-refractivity contribution in [1.29, 1.82) is 0 Å². The standard InChI is InChI=1S/C26H28N6O8/c33-13-18-21(35)22(36)25(40-18)32-11-8-19(30-26(32)39)29-24(38)17-6-3-10-31(17)20(34)12-28-23(37)15-7-9-27-16-5-2-1-4-14(15)16/h1-2,4-5,7-9,11,17-18,21-22,25,33,35-36H,3,6,10,12-13H2,(H,28,37)(H,29,30,38,39)/t17?,18-,21?,22+,25-/m1/s1. The average molecular weight is 553 g/mol. The van der Waals surface area contributed by atoms with Crippen molar-refractivity contribution in [3.63, 3.8) is 0 Å². The van der Waals surface area contributed by atoms with Gasteiger partial charge >= 0.3 is 5.69 Å². The van der Waals surface area contributed by atoms with Crippen LogP contribution in [0.25, 0.3) is 10.9 Å². The van der Waals surface area contributed by atoms with E-state index in [4.69, 9.17) is 4.74 Å². The SMILES string of the molecule is O=C(NCC(=O)N1CCCC1C(=O)Nc1ccn([C@@H]2O[C@H](CO)C(O)[C@@H]2O)c(=O)n1)c1ccnc2ccccc12. The lowest BCUT2D eigenvalue weighted by Gasteiger charge is -2.24. The average Bonchev–Trinajstić information content (AvgIpc) is 3.56. The van der Waals surface area contributed by atoms with Crippen LogP contribution in [0.4, 0.5) is 5.82 Å². The maximum atomic E-state index is 13.0. The van der Waals surface area contributed by atoms with Crippen molar-refractivity contribution < 1.29 is 34.4 Å². The van der Waals surface area contributed by atoms with Crippen LogP contribution in [0, 0.1) is 0 Å². The number of rotatable bonds is 7. The third kappa shape index (κ3) is 5.29. The van der Waals surface area contributed by atoms with E-state index in [2.05, 4.69) is 20.6 Å². The van der Waals surface area contributed by atoms with Gasteiger partial charge < -0.3 is 35.6 Å². The molecule has 0 bridgehead atoms. The molecule has 0 saturated carbocycles. The first-order valence-corrected chi connectivity index (χ1v) is 12.7. The summed E-state index contributed by atoms with van der Waals surface area (Å²) in [5.74, 6) is -1.49. The molecule has 2 fully saturated rings. The number of carbonyl (C=O) groups is 3. The van der Waals surface area contributed by atoms with Crippen molar-refractivity contribution in [3.8, 4) is 0 Å². The molecule has 3 aromatic rings. The van der Waals surface area contributed by atoms with E-state index in [-0.39, 0.29) is 12.4 Å². The second-order valence-electron chi connectivity index (χ2n) is 9.52. The molecular weight excluding hydrogens is 524 g/mol. The predicted octanol–water partition coefficient (Wildman–Crippen LogP) is -1.24. The van der Waals surface area contributed by atoms with Gasteiger partial charge in [0.1, 0.15) is 30.2 Å². The first-order chi connectivity index (χ1) is 19.3. The number of likely N-dealkylation sites (tertiary alicyclic amines) is 1. The van der Waals surface area contributed by atoms with Crippen molar-refractivity contribution in [2.24, 2.45) is 0 Å². The molecule has 5 atom stereocenters. The Hall–Kier alpha value is -4.24. The zero-order chi connectivity index (χ0) is 28.4. The third-order valence-electron chi connectivity index (χ3n) is 7.04. The molecule has 14 nitrogen and oxygen atoms in total. The van der Waals surface area contributed by atoms with E-state index in [0.29, 0.717) is 35.9 Å². The minimum Gasteiger partial charge on any atom is -0.394 e. The lowest BCUT2D eigenvalue weighted by molar-refractivity contribution is -0.135. The normalized spacial score (nSPS) is 24.3. The zero-order valence-electron chi connectivity index (χ0n) is 21.2. The molecule has 2 aromatic heterocycles. The number of fused-ring (bicyclic) bond motifs is 1. The predicted molar refractivity (Wildman–Crippen MR) is 139 cm³/mol. The fraction of sp³-hybridized carbons (Fsp3) is 0.385. The lowest BCUT2D eigenvalue weighted by Crippen LogP contribution is -2.47. The van der Waals surface area contributed by atoms with Crippen molar-refractivity contribution in [2.45, 2.75) is 43.4 Å². The van der Waals surface area contributed by atoms with Crippen LogP contribution in [0.3, 0.4) is 0 Å². The highest BCUT2D eigenvalue weighted by Gasteiger charge is 2.44. The molecule has 0 spiro atoms. The molecule has 5 rings (SSSR count). The van der Waals surface area contributed by atoms with Gasteiger partial charge in [-0.2, -0.15) is 4.98 Å². The Morgan fingerprint density at radius 2 is 1.90 bits per heavy atom. The third-order valence-corrected chi connectivity index (χ3v) is 7.04. The van der Waals surface area contributed by atoms with Crippen LogP contribution in [0.1, 0.15) is 29.4 Å². The first-order valence-electron chi connectivity index (χ1n) is 12.7. The van der Waals surface area contributed by atoms with Gasteiger partial charge in [0.15, 0.2) is 6.23 Å². The van der Waals surface area contributed by atoms with E-state index in [9.17, 15) is 34.5 Å². The number of pyridine rings is 1. The zero-order valence-corrected chi connectivity index (χ0v) is 21.2. The van der Waals surface area contributed by atoms with Gasteiger partial charge in [0.2, 0.25) is 11.8 Å². The monoisotopic (exact) mass is 552 g/mol. The maximum absolute atomic E-state index is 13.0. The summed E-state index contributed by atoms with van der Waals surface area (Å²) in [5, 5.41) is 35.1. The highest BCUT2D eigenvalue weighted by Crippen LogP contribution is 2.28. The maximum Gasteiger partial charge on any atom is 0.351 e. The van der Waals surface area contributed by atoms with Gasteiger partial charge in [-0.05, 0) is 31.0 Å². The summed E-state index contributed by atoms with van der Waals surface area (Å²) >= 11 is 0. The molecule has 3 amide bonds. The number of aliphatic hydroxyl groups excluding tert-OH is 3. The number of hydrogen-bond donors (Lipinski definition) is 5. The molecule has 4 heterocycles. The Balaban J connectivity index is 1.21. The molecule has 40 heavy (non-hydrogen) atoms. The summed E-state index contributed by atoms with van der Waals surface area (Å²) in [5.41, 5.74) is 0.170. The number of carbonyl (C=O) groups excluding carboxylic acids is 3. The van der Waals surface area contributed by atoms with Crippen LogP contribution in [0.5, 0.6) is 0 Å². The van der Waals surface area contributed by atoms with Gasteiger partial charge in [-0.1, -0.05) is 18.2 Å². The van der Waals surface area contributed by atoms with Crippen molar-refractivity contribution in [3.05, 3.63) is 64.8 Å². The number of ether oxygens (including phenoxy) is 1. The lowest BCUT2D eigenvalue weighted by atomic mass is 10.1. The van der Waals surface area contributed by atoms with E-state index < -0.39 is 60.6 Å². The minimum atomic E-state index is -1.46. The Morgan fingerprint density at radius 3 is 2.65 bits per heavy atom. The number of anilines is 1. The van der Waals surface area contributed by atoms with Crippen LogP contribution >= 0.6 is 0 Å². The number of aliphatic hydroxyl groups is 3. The topological polar surface area (TPSA) is 196 Å². The quantitative estimate of drug-likeness (QED) is 0.237. The summed E-state index contributed by atoms with van der Waals surface area (Å²) in [6, 6.07) is 9.22. The van der Waals surface area contributed by atoms with E-state index in [1.165, 1.54) is 23.4 Å². The molecule has 2 aliphatic rings. The molecule has 2 aliphatic heterocycles. The number of nitrogens with zero attached hydrogens (tertiary/aromatic N) is 4. The van der Waals surface area contributed by atoms with E-state index in [1.807, 2.05) is 6.07 Å². The summed E-state index contributed by atoms with van der Waals surface area (Å²) in [6.07, 6.45) is -1.46. The van der Waals surface area contributed by atoms with E-state index >= 15 is 0 Å². The Labute approximate surface area is 227 Å². The van der Waals surface area contributed by atoms with Crippen LogP contribution in [0.2, 0.25) is 0 Å². The van der Waals surface area contributed by atoms with Crippen molar-refractivity contribution in [1.82, 2.24) is 24.8 Å². The van der Waals surface area contributed by atoms with E-state index in [1.54, 1.807) is 24.3 Å². The summed E-state index contributed by atoms with van der Waals surface area (Å²) in [7, 11) is 0. The molecule has 0 radical (unpaired) electrons. The molecule has 2 unspecified atom stereocenters. The van der Waals surface area contributed by atoms with Crippen LogP contribution in [0.15, 0.2) is 53.6 Å². The summed E-state index contributed by atoms with van der Waals surface area (Å²) < 4.78 is 6.29. The number of nitrogens with one attached hydrogen (secondary N) is 2. The van der Waals surface area contributed by atoms with Gasteiger partial charge in [0.05, 0.1) is 24.2 Å². The number of para-hydroxylation sites is 1. The van der Waals surface area contributed by atoms with Gasteiger partial charge in [0.25, 0.3) is 5.91 Å². The molecule has 1 aromatic carbocycles. The van der Waals surface area contributed by atoms with Crippen LogP contribution in [-0.2, 0) is 14.3 Å². The van der Waals surface area contributed by atoms with Crippen LogP contribution in [-0.4, -0.2) is 96.5 Å². The number of benzene rings is 1. The fourth-order valence-electron chi connectivity index (χ4n) is 4.98. The molecule has 14 heteroatoms. The highest BCUT2D eigenvalue weighted by molar-refractivity contribution is 6.07. The molecule has 2 saturated heterocycles. The fourth-order valence-corrected chi connectivity index (χ4v) is 4.98. The minimum absolute atomic E-state index is 0.0739. The van der Waals surface area contributed by atoms with Crippen molar-refractivity contribution in [2.75, 3.05) is 25.0 Å². The van der Waals surface area contributed by atoms with Gasteiger partial charge in [-0.15, -0.1) is 0 Å². The summed E-state index contributed by atoms with van der Waals surface area (Å²) in [6.45, 7) is -0.533. The van der Waals surface area contributed by atoms with Gasteiger partial charge in [-0.25, -0.2) is 4.79 Å². The highest BCUT2D eigenvalue weighted by atomic mass is 16.6. The van der Waals surface area contributed by atoms with E-state index in [0.717, 1.165) is 4.57 Å². The number of aromatic nitrogens is 3. The van der Waals surface area contributed by atoms with Crippen LogP contribution < -0.4 is 16.3 Å². The van der Waals surface area contributed by atoms with Crippen molar-refractivity contribution >= 4 is 34.4 Å². The Morgan fingerprint density at radius 1 is 1.10 bits per heavy atom. The molecule has 5 N–H and O–H groups in total. The Kier molecular flexibility index (Phi) is 7.84. The second-order valence-corrected chi connectivity index (χ2v) is 9.52. The molecular formula is C26H28N6O8. The largest absolute Gasteiger partial charge is 0.394 e. The van der Waals surface area contributed by atoms with Gasteiger partial charge in [0, 0.05) is 24.3 Å². The first kappa shape index (κ1) is 27.3. The number of amides is 3.